The Labute approximate surface area is 94.7 Å². The summed E-state index contributed by atoms with van der Waals surface area (Å²) in [5.41, 5.74) is 1.77. The second kappa shape index (κ2) is 5.76. The fourth-order valence-electron chi connectivity index (χ4n) is 1.41. The van der Waals surface area contributed by atoms with Crippen LogP contribution in [0.1, 0.15) is 18.9 Å². The van der Waals surface area contributed by atoms with Crippen LogP contribution < -0.4 is 4.90 Å². The molecule has 0 saturated carbocycles. The summed E-state index contributed by atoms with van der Waals surface area (Å²) >= 11 is 0. The summed E-state index contributed by atoms with van der Waals surface area (Å²) < 4.78 is 0. The van der Waals surface area contributed by atoms with Crippen molar-refractivity contribution in [2.24, 2.45) is 0 Å². The number of aryl methyl sites for hydroxylation is 1. The molecule has 0 atom stereocenters. The predicted molar refractivity (Wildman–Crippen MR) is 61.4 cm³/mol. The highest BCUT2D eigenvalue weighted by Crippen LogP contribution is 2.16. The van der Waals surface area contributed by atoms with E-state index in [-0.39, 0.29) is 13.0 Å². The van der Waals surface area contributed by atoms with E-state index in [4.69, 9.17) is 10.4 Å². The molecule has 1 aromatic rings. The molecule has 84 valence electrons. The van der Waals surface area contributed by atoms with Crippen LogP contribution in [-0.4, -0.2) is 17.7 Å². The van der Waals surface area contributed by atoms with E-state index >= 15 is 0 Å². The molecule has 0 heterocycles. The molecule has 0 fully saturated rings. The Morgan fingerprint density at radius 3 is 2.50 bits per heavy atom. The van der Waals surface area contributed by atoms with Crippen LogP contribution in [0.2, 0.25) is 0 Å². The van der Waals surface area contributed by atoms with Crippen molar-refractivity contribution in [2.45, 2.75) is 19.8 Å². The number of carbonyl (C=O) groups is 1. The standard InChI is InChI=1S/C12H14N2O2/c1-2-10-4-6-11(7-5-10)14(12(15)16)9-3-8-13/h4-7H,2-3,9H2,1H3,(H,15,16). The normalized spacial score (nSPS) is 9.50. The molecule has 16 heavy (non-hydrogen) atoms. The number of hydrogen-bond acceptors (Lipinski definition) is 2. The van der Waals surface area contributed by atoms with Gasteiger partial charge in [0.25, 0.3) is 0 Å². The molecule has 0 spiro atoms. The smallest absolute Gasteiger partial charge is 0.411 e. The number of hydrogen-bond donors (Lipinski definition) is 1. The molecule has 1 aromatic carbocycles. The van der Waals surface area contributed by atoms with Crippen LogP contribution in [0.25, 0.3) is 0 Å². The van der Waals surface area contributed by atoms with Gasteiger partial charge in [0.15, 0.2) is 0 Å². The zero-order chi connectivity index (χ0) is 12.0. The Hall–Kier alpha value is -2.02. The third-order valence-electron chi connectivity index (χ3n) is 2.33. The van der Waals surface area contributed by atoms with E-state index in [1.54, 1.807) is 12.1 Å². The third-order valence-corrected chi connectivity index (χ3v) is 2.33. The van der Waals surface area contributed by atoms with Gasteiger partial charge in [-0.05, 0) is 24.1 Å². The Morgan fingerprint density at radius 2 is 2.06 bits per heavy atom. The number of benzene rings is 1. The molecule has 4 heteroatoms. The van der Waals surface area contributed by atoms with Crippen molar-refractivity contribution < 1.29 is 9.90 Å². The molecular weight excluding hydrogens is 204 g/mol. The summed E-state index contributed by atoms with van der Waals surface area (Å²) in [6.07, 6.45) is 0.0902. The molecule has 0 aliphatic rings. The van der Waals surface area contributed by atoms with Crippen LogP contribution in [0.5, 0.6) is 0 Å². The van der Waals surface area contributed by atoms with Crippen LogP contribution in [0.3, 0.4) is 0 Å². The molecule has 0 radical (unpaired) electrons. The minimum atomic E-state index is -1.03. The largest absolute Gasteiger partial charge is 0.465 e. The zero-order valence-electron chi connectivity index (χ0n) is 9.18. The molecule has 1 N–H and O–H groups in total. The first-order valence-corrected chi connectivity index (χ1v) is 5.15. The molecule has 0 aliphatic carbocycles. The van der Waals surface area contributed by atoms with E-state index in [2.05, 4.69) is 0 Å². The van der Waals surface area contributed by atoms with Crippen molar-refractivity contribution >= 4 is 11.8 Å². The zero-order valence-corrected chi connectivity index (χ0v) is 9.18. The SMILES string of the molecule is CCc1ccc(N(CCC#N)C(=O)O)cc1. The molecule has 0 unspecified atom stereocenters. The van der Waals surface area contributed by atoms with E-state index in [9.17, 15) is 4.79 Å². The van der Waals surface area contributed by atoms with E-state index < -0.39 is 6.09 Å². The van der Waals surface area contributed by atoms with Gasteiger partial charge in [-0.1, -0.05) is 19.1 Å². The van der Waals surface area contributed by atoms with Crippen molar-refractivity contribution in [3.8, 4) is 6.07 Å². The van der Waals surface area contributed by atoms with Gasteiger partial charge in [0.05, 0.1) is 12.5 Å². The molecule has 0 bridgehead atoms. The van der Waals surface area contributed by atoms with Gasteiger partial charge >= 0.3 is 6.09 Å². The summed E-state index contributed by atoms with van der Waals surface area (Å²) in [5, 5.41) is 17.5. The second-order valence-electron chi connectivity index (χ2n) is 3.36. The van der Waals surface area contributed by atoms with Crippen LogP contribution in [0.4, 0.5) is 10.5 Å². The van der Waals surface area contributed by atoms with Gasteiger partial charge in [-0.25, -0.2) is 4.79 Å². The fraction of sp³-hybridized carbons (Fsp3) is 0.333. The third kappa shape index (κ3) is 2.99. The number of rotatable bonds is 4. The summed E-state index contributed by atoms with van der Waals surface area (Å²) in [6, 6.07) is 9.28. The number of nitrogens with zero attached hydrogens (tertiary/aromatic N) is 2. The average molecular weight is 218 g/mol. The Morgan fingerprint density at radius 1 is 1.44 bits per heavy atom. The summed E-state index contributed by atoms with van der Waals surface area (Å²) in [6.45, 7) is 2.25. The van der Waals surface area contributed by atoms with Gasteiger partial charge in [-0.15, -0.1) is 0 Å². The highest BCUT2D eigenvalue weighted by molar-refractivity contribution is 5.85. The lowest BCUT2D eigenvalue weighted by Crippen LogP contribution is -2.29. The van der Waals surface area contributed by atoms with Gasteiger partial charge in [0.2, 0.25) is 0 Å². The van der Waals surface area contributed by atoms with Crippen molar-refractivity contribution in [1.29, 1.82) is 5.26 Å². The first kappa shape index (κ1) is 12.1. The molecule has 0 saturated heterocycles. The van der Waals surface area contributed by atoms with Gasteiger partial charge in [-0.2, -0.15) is 5.26 Å². The number of nitriles is 1. The van der Waals surface area contributed by atoms with Gasteiger partial charge < -0.3 is 5.11 Å². The maximum atomic E-state index is 11.0. The van der Waals surface area contributed by atoms with Crippen LogP contribution in [0.15, 0.2) is 24.3 Å². The molecule has 4 nitrogen and oxygen atoms in total. The van der Waals surface area contributed by atoms with E-state index in [1.807, 2.05) is 25.1 Å². The molecule has 1 amide bonds. The van der Waals surface area contributed by atoms with Crippen molar-refractivity contribution in [2.75, 3.05) is 11.4 Å². The van der Waals surface area contributed by atoms with Crippen LogP contribution >= 0.6 is 0 Å². The lowest BCUT2D eigenvalue weighted by Gasteiger charge is -2.17. The predicted octanol–water partition coefficient (Wildman–Crippen LogP) is 2.65. The highest BCUT2D eigenvalue weighted by atomic mass is 16.4. The first-order valence-electron chi connectivity index (χ1n) is 5.15. The van der Waals surface area contributed by atoms with E-state index in [0.717, 1.165) is 12.0 Å². The maximum absolute atomic E-state index is 11.0. The number of anilines is 1. The molecular formula is C12H14N2O2. The topological polar surface area (TPSA) is 64.3 Å². The monoisotopic (exact) mass is 218 g/mol. The lowest BCUT2D eigenvalue weighted by molar-refractivity contribution is 0.202. The second-order valence-corrected chi connectivity index (χ2v) is 3.36. The molecule has 1 rings (SSSR count). The Balaban J connectivity index is 2.84. The lowest BCUT2D eigenvalue weighted by atomic mass is 10.1. The summed E-state index contributed by atoms with van der Waals surface area (Å²) in [4.78, 5) is 12.2. The average Bonchev–Trinajstić information content (AvgIpc) is 2.30. The summed E-state index contributed by atoms with van der Waals surface area (Å²) in [5.74, 6) is 0. The molecule has 0 aliphatic heterocycles. The van der Waals surface area contributed by atoms with Gasteiger partial charge in [-0.3, -0.25) is 4.90 Å². The summed E-state index contributed by atoms with van der Waals surface area (Å²) in [7, 11) is 0. The van der Waals surface area contributed by atoms with E-state index in [0.29, 0.717) is 5.69 Å². The number of amides is 1. The van der Waals surface area contributed by atoms with Crippen molar-refractivity contribution in [3.63, 3.8) is 0 Å². The highest BCUT2D eigenvalue weighted by Gasteiger charge is 2.13. The Bertz CT molecular complexity index is 392. The maximum Gasteiger partial charge on any atom is 0.411 e. The minimum Gasteiger partial charge on any atom is -0.465 e. The van der Waals surface area contributed by atoms with Gasteiger partial charge in [0.1, 0.15) is 0 Å². The minimum absolute atomic E-state index is 0.196. The van der Waals surface area contributed by atoms with E-state index in [1.165, 1.54) is 4.90 Å². The fourth-order valence-corrected chi connectivity index (χ4v) is 1.41. The molecule has 0 aromatic heterocycles. The first-order chi connectivity index (χ1) is 7.69. The van der Waals surface area contributed by atoms with Gasteiger partial charge in [0, 0.05) is 12.2 Å². The van der Waals surface area contributed by atoms with Crippen molar-refractivity contribution in [1.82, 2.24) is 0 Å². The Kier molecular flexibility index (Phi) is 4.34. The van der Waals surface area contributed by atoms with Crippen molar-refractivity contribution in [3.05, 3.63) is 29.8 Å². The number of carboxylic acid groups (broad SMARTS) is 1. The van der Waals surface area contributed by atoms with Crippen LogP contribution in [-0.2, 0) is 6.42 Å². The quantitative estimate of drug-likeness (QED) is 0.844. The van der Waals surface area contributed by atoms with Crippen LogP contribution in [0, 0.1) is 11.3 Å².